The van der Waals surface area contributed by atoms with Gasteiger partial charge in [-0.3, -0.25) is 4.79 Å². The molecule has 2 fully saturated rings. The monoisotopic (exact) mass is 380 g/mol. The molecule has 0 bridgehead atoms. The summed E-state index contributed by atoms with van der Waals surface area (Å²) in [5.74, 6) is 2.87. The number of carbonyl (C=O) groups excluding carboxylic acids is 1. The van der Waals surface area contributed by atoms with Crippen molar-refractivity contribution in [2.24, 2.45) is 23.7 Å². The summed E-state index contributed by atoms with van der Waals surface area (Å²) in [4.78, 5) is 11.8. The van der Waals surface area contributed by atoms with Crippen molar-refractivity contribution in [2.45, 2.75) is 116 Å². The van der Waals surface area contributed by atoms with Gasteiger partial charge in [0.25, 0.3) is 0 Å². The normalized spacial score (nSPS) is 20.3. The smallest absolute Gasteiger partial charge is 0.305 e. The maximum Gasteiger partial charge on any atom is 0.305 e. The van der Waals surface area contributed by atoms with Crippen molar-refractivity contribution >= 4 is 5.97 Å². The lowest BCUT2D eigenvalue weighted by Crippen LogP contribution is -2.23. The average molecular weight is 381 g/mol. The minimum atomic E-state index is -0.107. The summed E-state index contributed by atoms with van der Waals surface area (Å²) in [5, 5.41) is 10.2. The first-order chi connectivity index (χ1) is 13.2. The Bertz CT molecular complexity index is 400. The highest BCUT2D eigenvalue weighted by Crippen LogP contribution is 2.51. The lowest BCUT2D eigenvalue weighted by atomic mass is 9.79. The van der Waals surface area contributed by atoms with Crippen molar-refractivity contribution in [3.05, 3.63) is 0 Å². The molecule has 158 valence electrons. The van der Waals surface area contributed by atoms with Gasteiger partial charge < -0.3 is 9.84 Å². The highest BCUT2D eigenvalue weighted by atomic mass is 16.5. The number of hydrogen-bond acceptors (Lipinski definition) is 3. The van der Waals surface area contributed by atoms with E-state index in [1.807, 2.05) is 0 Å². The van der Waals surface area contributed by atoms with E-state index in [1.165, 1.54) is 84.2 Å². The molecule has 0 saturated heterocycles. The molecule has 0 aromatic heterocycles. The first-order valence-electron chi connectivity index (χ1n) is 11.9. The Morgan fingerprint density at radius 3 is 1.96 bits per heavy atom. The van der Waals surface area contributed by atoms with E-state index in [9.17, 15) is 9.90 Å². The van der Waals surface area contributed by atoms with E-state index in [4.69, 9.17) is 4.74 Å². The van der Waals surface area contributed by atoms with Crippen LogP contribution in [0.25, 0.3) is 0 Å². The van der Waals surface area contributed by atoms with E-state index in [0.717, 1.165) is 31.1 Å². The zero-order valence-corrected chi connectivity index (χ0v) is 18.0. The van der Waals surface area contributed by atoms with Gasteiger partial charge in [-0.25, -0.2) is 0 Å². The molecule has 0 aliphatic heterocycles. The van der Waals surface area contributed by atoms with Crippen molar-refractivity contribution < 1.29 is 14.6 Å². The molecule has 3 atom stereocenters. The molecule has 0 aromatic carbocycles. The van der Waals surface area contributed by atoms with Crippen LogP contribution in [0.3, 0.4) is 0 Å². The summed E-state index contributed by atoms with van der Waals surface area (Å²) in [6.07, 6.45) is 19.1. The number of aliphatic hydroxyl groups is 1. The molecule has 0 spiro atoms. The number of esters is 1. The van der Waals surface area contributed by atoms with E-state index < -0.39 is 0 Å². The molecule has 2 aliphatic rings. The second-order valence-electron chi connectivity index (χ2n) is 9.28. The van der Waals surface area contributed by atoms with Gasteiger partial charge in [0.05, 0.1) is 13.2 Å². The zero-order valence-electron chi connectivity index (χ0n) is 18.0. The van der Waals surface area contributed by atoms with Gasteiger partial charge in [0.1, 0.15) is 0 Å². The van der Waals surface area contributed by atoms with Crippen molar-refractivity contribution in [1.29, 1.82) is 0 Å². The first-order valence-corrected chi connectivity index (χ1v) is 11.9. The fourth-order valence-corrected chi connectivity index (χ4v) is 4.86. The number of aliphatic hydroxyl groups excluding tert-OH is 1. The number of rotatable bonds is 17. The Kier molecular flexibility index (Phi) is 10.8. The minimum Gasteiger partial charge on any atom is -0.469 e. The van der Waals surface area contributed by atoms with Gasteiger partial charge in [-0.15, -0.1) is 0 Å². The predicted molar refractivity (Wildman–Crippen MR) is 112 cm³/mol. The summed E-state index contributed by atoms with van der Waals surface area (Å²) < 4.78 is 4.96. The van der Waals surface area contributed by atoms with Crippen LogP contribution in [-0.4, -0.2) is 24.3 Å². The van der Waals surface area contributed by atoms with Gasteiger partial charge in [0, 0.05) is 6.42 Å². The van der Waals surface area contributed by atoms with Crippen LogP contribution >= 0.6 is 0 Å². The van der Waals surface area contributed by atoms with Crippen LogP contribution in [0.4, 0.5) is 0 Å². The quantitative estimate of drug-likeness (QED) is 0.239. The zero-order chi connectivity index (χ0) is 19.5. The Morgan fingerprint density at radius 1 is 0.852 bits per heavy atom. The molecule has 0 heterocycles. The van der Waals surface area contributed by atoms with Crippen molar-refractivity contribution in [1.82, 2.24) is 0 Å². The molecule has 0 amide bonds. The molecule has 2 aliphatic carbocycles. The molecule has 1 N–H and O–H groups in total. The maximum absolute atomic E-state index is 11.8. The number of ether oxygens (including phenoxy) is 1. The molecule has 3 heteroatoms. The molecule has 3 unspecified atom stereocenters. The molecule has 3 nitrogen and oxygen atoms in total. The van der Waals surface area contributed by atoms with Gasteiger partial charge in [0.2, 0.25) is 0 Å². The van der Waals surface area contributed by atoms with Crippen LogP contribution in [0, 0.1) is 23.7 Å². The third-order valence-electron chi connectivity index (χ3n) is 6.85. The fraction of sp³-hybridized carbons (Fsp3) is 0.958. The number of methoxy groups -OCH3 is 1. The van der Waals surface area contributed by atoms with E-state index in [1.54, 1.807) is 0 Å². The Labute approximate surface area is 167 Å². The van der Waals surface area contributed by atoms with Crippen LogP contribution in [0.2, 0.25) is 0 Å². The van der Waals surface area contributed by atoms with Gasteiger partial charge >= 0.3 is 5.97 Å². The second-order valence-corrected chi connectivity index (χ2v) is 9.28. The summed E-state index contributed by atoms with van der Waals surface area (Å²) in [7, 11) is 1.52. The largest absolute Gasteiger partial charge is 0.469 e. The highest BCUT2D eigenvalue weighted by Gasteiger charge is 2.43. The third kappa shape index (κ3) is 9.45. The Balaban J connectivity index is 1.59. The van der Waals surface area contributed by atoms with Gasteiger partial charge in [-0.1, -0.05) is 58.3 Å². The van der Waals surface area contributed by atoms with Crippen LogP contribution in [0.15, 0.2) is 0 Å². The lowest BCUT2D eigenvalue weighted by molar-refractivity contribution is -0.142. The van der Waals surface area contributed by atoms with Crippen LogP contribution in [0.1, 0.15) is 110 Å². The van der Waals surface area contributed by atoms with Gasteiger partial charge in [-0.05, 0) is 68.6 Å². The summed E-state index contributed by atoms with van der Waals surface area (Å²) >= 11 is 0. The van der Waals surface area contributed by atoms with E-state index in [0.29, 0.717) is 18.3 Å². The molecule has 2 saturated carbocycles. The van der Waals surface area contributed by atoms with Crippen molar-refractivity contribution in [3.8, 4) is 0 Å². The van der Waals surface area contributed by atoms with Crippen LogP contribution in [-0.2, 0) is 9.53 Å². The number of carbonyl (C=O) groups is 1. The minimum absolute atomic E-state index is 0.0214. The van der Waals surface area contributed by atoms with Gasteiger partial charge in [-0.2, -0.15) is 0 Å². The topological polar surface area (TPSA) is 46.5 Å². The van der Waals surface area contributed by atoms with E-state index >= 15 is 0 Å². The molecule has 0 aromatic rings. The number of hydrogen-bond donors (Lipinski definition) is 1. The maximum atomic E-state index is 11.8. The standard InChI is InChI=1S/C24H44O3/c1-3-4-5-6-7-8-11-21(25)12-9-10-13-22(19-14-15-19)23(20-16-17-20)18-24(26)27-2/h19-23,25H,3-18H2,1-2H3. The van der Waals surface area contributed by atoms with E-state index in [2.05, 4.69) is 6.92 Å². The van der Waals surface area contributed by atoms with Crippen molar-refractivity contribution in [3.63, 3.8) is 0 Å². The predicted octanol–water partition coefficient (Wildman–Crippen LogP) is 6.27. The van der Waals surface area contributed by atoms with Crippen LogP contribution < -0.4 is 0 Å². The third-order valence-corrected chi connectivity index (χ3v) is 6.85. The summed E-state index contributed by atoms with van der Waals surface area (Å²) in [6, 6.07) is 0. The molecular weight excluding hydrogens is 336 g/mol. The van der Waals surface area contributed by atoms with E-state index in [-0.39, 0.29) is 12.1 Å². The summed E-state index contributed by atoms with van der Waals surface area (Å²) in [5.41, 5.74) is 0. The molecule has 0 radical (unpaired) electrons. The Hall–Kier alpha value is -0.570. The average Bonchev–Trinajstić information content (AvgIpc) is 3.55. The Morgan fingerprint density at radius 2 is 1.37 bits per heavy atom. The highest BCUT2D eigenvalue weighted by molar-refractivity contribution is 5.69. The molecule has 2 rings (SSSR count). The number of unbranched alkanes of at least 4 members (excludes halogenated alkanes) is 6. The van der Waals surface area contributed by atoms with Crippen LogP contribution in [0.5, 0.6) is 0 Å². The lowest BCUT2D eigenvalue weighted by Gasteiger charge is -2.27. The van der Waals surface area contributed by atoms with Crippen molar-refractivity contribution in [2.75, 3.05) is 7.11 Å². The first kappa shape index (κ1) is 22.7. The molecular formula is C24H44O3. The SMILES string of the molecule is CCCCCCCCC(O)CCCCC(C1CC1)C(CC(=O)OC)C1CC1. The molecule has 27 heavy (non-hydrogen) atoms. The second kappa shape index (κ2) is 12.8. The summed E-state index contributed by atoms with van der Waals surface area (Å²) in [6.45, 7) is 2.25. The fourth-order valence-electron chi connectivity index (χ4n) is 4.86. The van der Waals surface area contributed by atoms with Gasteiger partial charge in [0.15, 0.2) is 0 Å².